The predicted octanol–water partition coefficient (Wildman–Crippen LogP) is 15.3. The van der Waals surface area contributed by atoms with Gasteiger partial charge in [-0.3, -0.25) is 0 Å². The molecule has 0 unspecified atom stereocenters. The lowest BCUT2D eigenvalue weighted by atomic mass is 9.74. The van der Waals surface area contributed by atoms with Gasteiger partial charge in [-0.25, -0.2) is 0 Å². The zero-order valence-electron chi connectivity index (χ0n) is 41.1. The maximum absolute atomic E-state index is 9.09. The molecule has 11 aromatic carbocycles. The first-order valence-electron chi connectivity index (χ1n) is 25.3. The lowest BCUT2D eigenvalue weighted by Crippen LogP contribution is -2.77. The summed E-state index contributed by atoms with van der Waals surface area (Å²) in [4.78, 5) is 0. The summed E-state index contributed by atoms with van der Waals surface area (Å²) in [6.07, 6.45) is 0. The SMILES string of the molecule is [2H]C([2H])([2H])c1ccc2c(c1-c1ccc(-c3c(-c4ccccc4)c(-c4ccccc4)c(-c4ccccc4)c(-c4ccccc4)c3-c3ccccc3)cc1)Oc1ccccc1[Si]21c2ccccc2Oc2ccccc21. The smallest absolute Gasteiger partial charge is 0.196 e. The van der Waals surface area contributed by atoms with E-state index in [0.717, 1.165) is 105 Å². The number of benzene rings is 11. The summed E-state index contributed by atoms with van der Waals surface area (Å²) in [5.74, 6) is 2.88. The molecule has 0 saturated heterocycles. The first-order valence-corrected chi connectivity index (χ1v) is 25.8. The summed E-state index contributed by atoms with van der Waals surface area (Å²) < 4.78 is 41.1. The van der Waals surface area contributed by atoms with Crippen LogP contribution in [0, 0.1) is 6.85 Å². The monoisotopic (exact) mass is 913 g/mol. The summed E-state index contributed by atoms with van der Waals surface area (Å²) in [6.45, 7) is -2.47. The van der Waals surface area contributed by atoms with Crippen LogP contribution in [0.15, 0.2) is 261 Å². The molecule has 70 heavy (non-hydrogen) atoms. The Balaban J connectivity index is 1.13. The van der Waals surface area contributed by atoms with Crippen LogP contribution < -0.4 is 30.2 Å². The van der Waals surface area contributed by atoms with E-state index < -0.39 is 14.9 Å². The minimum absolute atomic E-state index is 0.232. The van der Waals surface area contributed by atoms with E-state index in [1.807, 2.05) is 48.5 Å². The molecule has 0 N–H and O–H groups in total. The van der Waals surface area contributed by atoms with Crippen molar-refractivity contribution in [2.45, 2.75) is 6.85 Å². The fourth-order valence-corrected chi connectivity index (χ4v) is 16.4. The number of aryl methyl sites for hydroxylation is 1. The number of rotatable bonds is 7. The third-order valence-electron chi connectivity index (χ3n) is 14.1. The summed E-state index contributed by atoms with van der Waals surface area (Å²) in [5, 5.41) is 4.27. The Labute approximate surface area is 414 Å². The maximum Gasteiger partial charge on any atom is 0.196 e. The van der Waals surface area contributed by atoms with Crippen molar-refractivity contribution in [1.29, 1.82) is 0 Å². The van der Waals surface area contributed by atoms with Gasteiger partial charge in [0.25, 0.3) is 0 Å². The number of ether oxygens (including phenoxy) is 2. The molecule has 2 aliphatic heterocycles. The Kier molecular flexibility index (Phi) is 9.33. The van der Waals surface area contributed by atoms with E-state index in [4.69, 9.17) is 13.6 Å². The number of hydrogen-bond donors (Lipinski definition) is 0. The van der Waals surface area contributed by atoms with E-state index in [-0.39, 0.29) is 5.56 Å². The van der Waals surface area contributed by atoms with Crippen LogP contribution in [0.25, 0.3) is 77.9 Å². The second-order valence-corrected chi connectivity index (χ2v) is 21.6. The average molecular weight is 914 g/mol. The third-order valence-corrected chi connectivity index (χ3v) is 19.0. The van der Waals surface area contributed by atoms with E-state index in [2.05, 4.69) is 212 Å². The van der Waals surface area contributed by atoms with Crippen LogP contribution in [0.5, 0.6) is 23.0 Å². The molecule has 0 atom stereocenters. The van der Waals surface area contributed by atoms with Gasteiger partial charge in [-0.05, 0) is 124 Å². The normalized spacial score (nSPS) is 13.5. The number of fused-ring (bicyclic) bond motifs is 8. The van der Waals surface area contributed by atoms with Crippen LogP contribution in [-0.2, 0) is 0 Å². The molecule has 13 rings (SSSR count). The van der Waals surface area contributed by atoms with Crippen LogP contribution in [0.1, 0.15) is 9.68 Å². The van der Waals surface area contributed by atoms with Gasteiger partial charge in [0.05, 0.1) is 0 Å². The van der Waals surface area contributed by atoms with Crippen LogP contribution >= 0.6 is 0 Å². The van der Waals surface area contributed by atoms with Crippen molar-refractivity contribution in [3.8, 4) is 101 Å². The Bertz CT molecular complexity index is 3690. The van der Waals surface area contributed by atoms with E-state index in [0.29, 0.717) is 17.1 Å². The molecule has 0 bridgehead atoms. The molecule has 0 fully saturated rings. The van der Waals surface area contributed by atoms with Crippen molar-refractivity contribution in [2.24, 2.45) is 0 Å². The van der Waals surface area contributed by atoms with Crippen LogP contribution in [-0.4, -0.2) is 8.07 Å². The van der Waals surface area contributed by atoms with E-state index >= 15 is 0 Å². The molecule has 2 aliphatic rings. The molecule has 0 aliphatic carbocycles. The third kappa shape index (κ3) is 6.54. The van der Waals surface area contributed by atoms with Gasteiger partial charge in [0.1, 0.15) is 23.0 Å². The first kappa shape index (κ1) is 38.2. The fourth-order valence-electron chi connectivity index (χ4n) is 11.3. The summed E-state index contributed by atoms with van der Waals surface area (Å²) in [5.41, 5.74) is 14.6. The molecule has 3 heteroatoms. The highest BCUT2D eigenvalue weighted by molar-refractivity contribution is 7.21. The lowest BCUT2D eigenvalue weighted by Gasteiger charge is -2.43. The Morgan fingerprint density at radius 1 is 0.257 bits per heavy atom. The van der Waals surface area contributed by atoms with Gasteiger partial charge in [-0.2, -0.15) is 0 Å². The van der Waals surface area contributed by atoms with Crippen molar-refractivity contribution in [3.63, 3.8) is 0 Å². The van der Waals surface area contributed by atoms with Crippen LogP contribution in [0.4, 0.5) is 0 Å². The Hall–Kier alpha value is -8.76. The van der Waals surface area contributed by atoms with Gasteiger partial charge < -0.3 is 9.47 Å². The van der Waals surface area contributed by atoms with Gasteiger partial charge in [0.15, 0.2) is 8.07 Å². The zero-order valence-corrected chi connectivity index (χ0v) is 39.1. The minimum atomic E-state index is -3.20. The van der Waals surface area contributed by atoms with Crippen LogP contribution in [0.3, 0.4) is 0 Å². The molecule has 1 spiro atoms. The molecule has 0 saturated carbocycles. The molecular formula is C67H46O2Si. The van der Waals surface area contributed by atoms with Crippen molar-refractivity contribution in [1.82, 2.24) is 0 Å². The zero-order chi connectivity index (χ0) is 49.1. The van der Waals surface area contributed by atoms with Crippen molar-refractivity contribution < 1.29 is 13.6 Å². The first-order chi connectivity index (χ1) is 35.9. The van der Waals surface area contributed by atoms with Gasteiger partial charge in [0.2, 0.25) is 0 Å². The van der Waals surface area contributed by atoms with Gasteiger partial charge in [-0.15, -0.1) is 0 Å². The largest absolute Gasteiger partial charge is 0.458 e. The lowest BCUT2D eigenvalue weighted by molar-refractivity contribution is 0.482. The van der Waals surface area contributed by atoms with Crippen molar-refractivity contribution in [3.05, 3.63) is 266 Å². The van der Waals surface area contributed by atoms with Gasteiger partial charge in [0, 0.05) is 9.68 Å². The number of para-hydroxylation sites is 3. The summed E-state index contributed by atoms with van der Waals surface area (Å²) in [6, 6.07) is 91.0. The standard InChI is InChI=1S/C67H46O2Si/c1-45-39-44-59-67(69-55-35-19-22-38-58(55)70(59)56-36-20-17-33-53(56)68-54-34-18-21-37-57(54)70)60(45)51-40-42-52(43-41-51)66-64(49-29-13-5-14-30-49)62(47-25-9-3-10-26-47)61(46-23-7-2-8-24-46)63(48-27-11-4-12-28-48)65(66)50-31-15-6-16-32-50/h2-44H,1H3/i1D3. The molecule has 330 valence electrons. The quantitative estimate of drug-likeness (QED) is 0.148. The molecule has 2 heterocycles. The Morgan fingerprint density at radius 2 is 0.543 bits per heavy atom. The topological polar surface area (TPSA) is 18.5 Å². The second kappa shape index (κ2) is 17.1. The Morgan fingerprint density at radius 3 is 0.886 bits per heavy atom. The molecule has 2 nitrogen and oxygen atoms in total. The number of hydrogen-bond acceptors (Lipinski definition) is 2. The molecular weight excluding hydrogens is 865 g/mol. The highest BCUT2D eigenvalue weighted by atomic mass is 28.3. The highest BCUT2D eigenvalue weighted by Crippen LogP contribution is 2.56. The van der Waals surface area contributed by atoms with Gasteiger partial charge >= 0.3 is 0 Å². The predicted molar refractivity (Wildman–Crippen MR) is 293 cm³/mol. The average Bonchev–Trinajstić information content (AvgIpc) is 3.45. The molecule has 11 aromatic rings. The summed E-state index contributed by atoms with van der Waals surface area (Å²) >= 11 is 0. The van der Waals surface area contributed by atoms with E-state index in [9.17, 15) is 0 Å². The summed E-state index contributed by atoms with van der Waals surface area (Å²) in [7, 11) is -3.20. The van der Waals surface area contributed by atoms with Crippen LogP contribution in [0.2, 0.25) is 0 Å². The van der Waals surface area contributed by atoms with Crippen molar-refractivity contribution in [2.75, 3.05) is 0 Å². The molecule has 0 aromatic heterocycles. The maximum atomic E-state index is 9.09. The highest BCUT2D eigenvalue weighted by Gasteiger charge is 2.53. The van der Waals surface area contributed by atoms with Gasteiger partial charge in [-0.1, -0.05) is 243 Å². The van der Waals surface area contributed by atoms with E-state index in [1.165, 1.54) is 0 Å². The molecule has 0 radical (unpaired) electrons. The molecule has 0 amide bonds. The van der Waals surface area contributed by atoms with E-state index in [1.54, 1.807) is 0 Å². The second-order valence-electron chi connectivity index (χ2n) is 18.0. The fraction of sp³-hybridized carbons (Fsp3) is 0.0149. The minimum Gasteiger partial charge on any atom is -0.458 e. The van der Waals surface area contributed by atoms with Crippen molar-refractivity contribution >= 4 is 28.8 Å².